The third-order valence-corrected chi connectivity index (χ3v) is 2.87. The lowest BCUT2D eigenvalue weighted by atomic mass is 10.1. The summed E-state index contributed by atoms with van der Waals surface area (Å²) in [5.74, 6) is -0.211. The van der Waals surface area contributed by atoms with Gasteiger partial charge in [0.2, 0.25) is 0 Å². The van der Waals surface area contributed by atoms with E-state index in [-0.39, 0.29) is 11.4 Å². The second-order valence-corrected chi connectivity index (χ2v) is 5.60. The van der Waals surface area contributed by atoms with Gasteiger partial charge in [0.05, 0.1) is 7.11 Å². The van der Waals surface area contributed by atoms with Crippen molar-refractivity contribution in [3.63, 3.8) is 0 Å². The van der Waals surface area contributed by atoms with Crippen molar-refractivity contribution in [1.82, 2.24) is 0 Å². The number of amides is 1. The Morgan fingerprint density at radius 2 is 2.15 bits per heavy atom. The Hall–Kier alpha value is -1.98. The van der Waals surface area contributed by atoms with Crippen LogP contribution in [0.1, 0.15) is 26.3 Å². The number of nitrogens with one attached hydrogen (secondary N) is 2. The predicted molar refractivity (Wildman–Crippen MR) is 75.0 cm³/mol. The molecular weight excluding hydrogens is 263 g/mol. The van der Waals surface area contributed by atoms with Crippen LogP contribution in [0.3, 0.4) is 0 Å². The van der Waals surface area contributed by atoms with Crippen LogP contribution >= 0.6 is 0 Å². The van der Waals surface area contributed by atoms with Crippen LogP contribution in [0.25, 0.3) is 0 Å². The fourth-order valence-electron chi connectivity index (χ4n) is 2.08. The van der Waals surface area contributed by atoms with Gasteiger partial charge in [0.1, 0.15) is 17.0 Å². The maximum Gasteiger partial charge on any atom is 0.412 e. The first-order valence-corrected chi connectivity index (χ1v) is 6.45. The lowest BCUT2D eigenvalue weighted by molar-refractivity contribution is 0.0634. The minimum Gasteiger partial charge on any atom is -0.494 e. The number of benzene rings is 1. The van der Waals surface area contributed by atoms with E-state index in [1.54, 1.807) is 26.8 Å². The van der Waals surface area contributed by atoms with Gasteiger partial charge >= 0.3 is 6.09 Å². The summed E-state index contributed by atoms with van der Waals surface area (Å²) in [6.45, 7) is 5.90. The summed E-state index contributed by atoms with van der Waals surface area (Å²) < 4.78 is 24.7. The molecule has 1 aromatic rings. The van der Waals surface area contributed by atoms with E-state index < -0.39 is 17.5 Å². The van der Waals surface area contributed by atoms with E-state index in [1.165, 1.54) is 7.11 Å². The standard InChI is InChI=1S/C14H19FN2O3/c1-14(2,3)20-13(18)17-12-10(19-4)7-9-8(11(12)15)5-6-16-9/h7,16H,5-6H2,1-4H3,(H,17,18). The number of hydrogen-bond donors (Lipinski definition) is 2. The van der Waals surface area contributed by atoms with Crippen molar-refractivity contribution >= 4 is 17.5 Å². The minimum atomic E-state index is -0.708. The molecule has 0 aliphatic carbocycles. The molecule has 0 fully saturated rings. The Morgan fingerprint density at radius 1 is 1.45 bits per heavy atom. The summed E-state index contributed by atoms with van der Waals surface area (Å²) in [6, 6.07) is 1.68. The molecule has 110 valence electrons. The van der Waals surface area contributed by atoms with Gasteiger partial charge in [-0.15, -0.1) is 0 Å². The van der Waals surface area contributed by atoms with Crippen molar-refractivity contribution in [2.24, 2.45) is 0 Å². The van der Waals surface area contributed by atoms with Crippen LogP contribution in [0.4, 0.5) is 20.6 Å². The van der Waals surface area contributed by atoms with E-state index in [1.807, 2.05) is 0 Å². The van der Waals surface area contributed by atoms with Crippen molar-refractivity contribution < 1.29 is 18.7 Å². The average molecular weight is 282 g/mol. The van der Waals surface area contributed by atoms with Crippen LogP contribution in [-0.2, 0) is 11.2 Å². The first-order chi connectivity index (χ1) is 9.31. The van der Waals surface area contributed by atoms with Crippen LogP contribution in [-0.4, -0.2) is 25.3 Å². The van der Waals surface area contributed by atoms with Gasteiger partial charge in [-0.1, -0.05) is 0 Å². The lowest BCUT2D eigenvalue weighted by Crippen LogP contribution is -2.27. The first-order valence-electron chi connectivity index (χ1n) is 6.45. The number of anilines is 2. The van der Waals surface area contributed by atoms with Crippen molar-refractivity contribution in [3.05, 3.63) is 17.4 Å². The summed E-state index contributed by atoms with van der Waals surface area (Å²) in [4.78, 5) is 11.8. The number of ether oxygens (including phenoxy) is 2. The van der Waals surface area contributed by atoms with Crippen molar-refractivity contribution in [3.8, 4) is 5.75 Å². The summed E-state index contributed by atoms with van der Waals surface area (Å²) in [5, 5.41) is 5.50. The Bertz CT molecular complexity index is 538. The van der Waals surface area contributed by atoms with Crippen LogP contribution in [0, 0.1) is 5.82 Å². The van der Waals surface area contributed by atoms with E-state index in [0.29, 0.717) is 24.2 Å². The Balaban J connectivity index is 2.29. The molecule has 0 bridgehead atoms. The molecule has 2 N–H and O–H groups in total. The molecule has 5 nitrogen and oxygen atoms in total. The quantitative estimate of drug-likeness (QED) is 0.874. The molecule has 0 spiro atoms. The fraction of sp³-hybridized carbons (Fsp3) is 0.500. The maximum absolute atomic E-state index is 14.4. The zero-order valence-electron chi connectivity index (χ0n) is 12.1. The molecular formula is C14H19FN2O3. The highest BCUT2D eigenvalue weighted by Crippen LogP contribution is 2.38. The summed E-state index contributed by atoms with van der Waals surface area (Å²) in [7, 11) is 1.43. The normalized spacial score (nSPS) is 13.4. The summed E-state index contributed by atoms with van der Waals surface area (Å²) >= 11 is 0. The maximum atomic E-state index is 14.4. The number of methoxy groups -OCH3 is 1. The Morgan fingerprint density at radius 3 is 2.75 bits per heavy atom. The molecule has 1 aliphatic heterocycles. The highest BCUT2D eigenvalue weighted by Gasteiger charge is 2.25. The molecule has 1 aliphatic rings. The summed E-state index contributed by atoms with van der Waals surface area (Å²) in [6.07, 6.45) is -0.130. The Labute approximate surface area is 117 Å². The number of carbonyl (C=O) groups excluding carboxylic acids is 1. The number of carbonyl (C=O) groups is 1. The highest BCUT2D eigenvalue weighted by atomic mass is 19.1. The number of rotatable bonds is 2. The van der Waals surface area contributed by atoms with Crippen LogP contribution in [0.15, 0.2) is 6.07 Å². The molecule has 1 aromatic carbocycles. The second kappa shape index (κ2) is 5.19. The van der Waals surface area contributed by atoms with Crippen molar-refractivity contribution in [1.29, 1.82) is 0 Å². The number of fused-ring (bicyclic) bond motifs is 1. The first kappa shape index (κ1) is 14.4. The third kappa shape index (κ3) is 2.95. The zero-order valence-corrected chi connectivity index (χ0v) is 12.1. The van der Waals surface area contributed by atoms with E-state index in [0.717, 1.165) is 0 Å². The molecule has 0 aromatic heterocycles. The molecule has 20 heavy (non-hydrogen) atoms. The van der Waals surface area contributed by atoms with E-state index in [4.69, 9.17) is 9.47 Å². The highest BCUT2D eigenvalue weighted by molar-refractivity contribution is 5.88. The minimum absolute atomic E-state index is 0.0178. The SMILES string of the molecule is COc1cc2c(c(F)c1NC(=O)OC(C)(C)C)CCN2. The van der Waals surface area contributed by atoms with Crippen molar-refractivity contribution in [2.45, 2.75) is 32.8 Å². The van der Waals surface area contributed by atoms with E-state index >= 15 is 0 Å². The summed E-state index contributed by atoms with van der Waals surface area (Å²) in [5.41, 5.74) is 0.627. The molecule has 1 heterocycles. The topological polar surface area (TPSA) is 59.6 Å². The van der Waals surface area contributed by atoms with Gasteiger partial charge < -0.3 is 14.8 Å². The van der Waals surface area contributed by atoms with Gasteiger partial charge in [-0.3, -0.25) is 5.32 Å². The molecule has 0 radical (unpaired) electrons. The van der Waals surface area contributed by atoms with Crippen molar-refractivity contribution in [2.75, 3.05) is 24.3 Å². The van der Waals surface area contributed by atoms with Gasteiger partial charge in [-0.2, -0.15) is 0 Å². The third-order valence-electron chi connectivity index (χ3n) is 2.87. The largest absolute Gasteiger partial charge is 0.494 e. The number of halogens is 1. The zero-order chi connectivity index (χ0) is 14.9. The van der Waals surface area contributed by atoms with E-state index in [9.17, 15) is 9.18 Å². The molecule has 0 saturated heterocycles. The lowest BCUT2D eigenvalue weighted by Gasteiger charge is -2.21. The second-order valence-electron chi connectivity index (χ2n) is 5.60. The van der Waals surface area contributed by atoms with Crippen LogP contribution < -0.4 is 15.4 Å². The molecule has 0 saturated carbocycles. The Kier molecular flexibility index (Phi) is 3.74. The van der Waals surface area contributed by atoms with Gasteiger partial charge in [0, 0.05) is 23.9 Å². The van der Waals surface area contributed by atoms with Crippen LogP contribution in [0.5, 0.6) is 5.75 Å². The smallest absolute Gasteiger partial charge is 0.412 e. The van der Waals surface area contributed by atoms with Gasteiger partial charge in [0.15, 0.2) is 5.82 Å². The van der Waals surface area contributed by atoms with Crippen LogP contribution in [0.2, 0.25) is 0 Å². The molecule has 0 unspecified atom stereocenters. The fourth-order valence-corrected chi connectivity index (χ4v) is 2.08. The number of hydrogen-bond acceptors (Lipinski definition) is 4. The molecule has 6 heteroatoms. The van der Waals surface area contributed by atoms with E-state index in [2.05, 4.69) is 10.6 Å². The monoisotopic (exact) mass is 282 g/mol. The van der Waals surface area contributed by atoms with Gasteiger partial charge in [0.25, 0.3) is 0 Å². The predicted octanol–water partition coefficient (Wildman–Crippen LogP) is 3.15. The molecule has 1 amide bonds. The molecule has 0 atom stereocenters. The average Bonchev–Trinajstić information content (AvgIpc) is 2.78. The van der Waals surface area contributed by atoms with Gasteiger partial charge in [-0.05, 0) is 27.2 Å². The molecule has 2 rings (SSSR count). The van der Waals surface area contributed by atoms with Gasteiger partial charge in [-0.25, -0.2) is 9.18 Å².